The van der Waals surface area contributed by atoms with E-state index >= 15 is 0 Å². The maximum atomic E-state index is 11.4. The monoisotopic (exact) mass is 326 g/mol. The van der Waals surface area contributed by atoms with Crippen molar-refractivity contribution < 1.29 is 14.0 Å². The van der Waals surface area contributed by atoms with Crippen molar-refractivity contribution in [2.75, 3.05) is 6.61 Å². The third kappa shape index (κ3) is 3.60. The Balaban J connectivity index is 2.46. The lowest BCUT2D eigenvalue weighted by atomic mass is 9.77. The lowest BCUT2D eigenvalue weighted by molar-refractivity contribution is -0.140. The first-order valence-corrected chi connectivity index (χ1v) is 8.42. The number of benzene rings is 2. The quantitative estimate of drug-likeness (QED) is 0.446. The Labute approximate surface area is 140 Å². The van der Waals surface area contributed by atoms with Gasteiger partial charge in [-0.15, -0.1) is 0 Å². The van der Waals surface area contributed by atoms with Crippen LogP contribution in [-0.4, -0.2) is 23.1 Å². The van der Waals surface area contributed by atoms with Crippen LogP contribution in [0.3, 0.4) is 0 Å². The van der Waals surface area contributed by atoms with Gasteiger partial charge in [-0.05, 0) is 11.1 Å². The molecule has 0 aromatic heterocycles. The van der Waals surface area contributed by atoms with Crippen LogP contribution in [0.4, 0.5) is 0 Å². The molecule has 2 aromatic rings. The molecule has 0 aliphatic carbocycles. The van der Waals surface area contributed by atoms with Gasteiger partial charge >= 0.3 is 5.97 Å². The van der Waals surface area contributed by atoms with Crippen molar-refractivity contribution in [2.45, 2.75) is 12.5 Å². The summed E-state index contributed by atoms with van der Waals surface area (Å²) in [6, 6.07) is 20.2. The molecule has 0 radical (unpaired) electrons. The number of carbonyl (C=O) groups excluding carboxylic acids is 1. The Bertz CT molecular complexity index is 601. The fraction of sp³-hybridized carbons (Fsp3) is 0.211. The van der Waals surface area contributed by atoms with Crippen molar-refractivity contribution in [3.05, 3.63) is 84.4 Å². The number of esters is 1. The molecule has 1 unspecified atom stereocenters. The minimum absolute atomic E-state index is 0.0475. The zero-order valence-electron chi connectivity index (χ0n) is 13.6. The molecule has 0 saturated heterocycles. The predicted octanol–water partition coefficient (Wildman–Crippen LogP) is 2.59. The van der Waals surface area contributed by atoms with Gasteiger partial charge < -0.3 is 9.16 Å². The SMILES string of the molecule is C=CC(=O)OCC(C)C(O[SiH3])(c1ccccc1)c1ccccc1. The molecule has 3 nitrogen and oxygen atoms in total. The fourth-order valence-corrected chi connectivity index (χ4v) is 3.80. The molecule has 2 rings (SSSR count). The summed E-state index contributed by atoms with van der Waals surface area (Å²) in [6.45, 7) is 5.74. The fourth-order valence-electron chi connectivity index (χ4n) is 2.93. The summed E-state index contributed by atoms with van der Waals surface area (Å²) < 4.78 is 11.4. The van der Waals surface area contributed by atoms with Crippen molar-refractivity contribution in [1.82, 2.24) is 0 Å². The van der Waals surface area contributed by atoms with E-state index in [0.29, 0.717) is 10.5 Å². The molecule has 2 aromatic carbocycles. The van der Waals surface area contributed by atoms with Crippen LogP contribution in [0.15, 0.2) is 73.3 Å². The number of carbonyl (C=O) groups is 1. The topological polar surface area (TPSA) is 35.5 Å². The van der Waals surface area contributed by atoms with E-state index in [4.69, 9.17) is 9.16 Å². The summed E-state index contributed by atoms with van der Waals surface area (Å²) in [5.41, 5.74) is 1.49. The standard InChI is InChI=1S/C19H22O3Si/c1-3-18(20)21-14-15(2)19(22-23,16-10-6-4-7-11-16)17-12-8-5-9-13-17/h3-13,15H,1,14H2,2,23H3. The van der Waals surface area contributed by atoms with E-state index in [-0.39, 0.29) is 12.5 Å². The molecule has 0 spiro atoms. The van der Waals surface area contributed by atoms with Gasteiger partial charge in [-0.2, -0.15) is 0 Å². The molecule has 0 aliphatic heterocycles. The maximum Gasteiger partial charge on any atom is 0.330 e. The zero-order valence-corrected chi connectivity index (χ0v) is 15.6. The summed E-state index contributed by atoms with van der Waals surface area (Å²) in [7, 11) is 0.557. The zero-order chi connectivity index (χ0) is 16.7. The van der Waals surface area contributed by atoms with Gasteiger partial charge in [0, 0.05) is 12.0 Å². The Hall–Kier alpha value is -2.17. The smallest absolute Gasteiger partial charge is 0.330 e. The van der Waals surface area contributed by atoms with E-state index < -0.39 is 11.6 Å². The molecule has 0 bridgehead atoms. The van der Waals surface area contributed by atoms with Gasteiger partial charge in [-0.1, -0.05) is 74.2 Å². The van der Waals surface area contributed by atoms with Gasteiger partial charge in [0.2, 0.25) is 0 Å². The average molecular weight is 326 g/mol. The molecule has 0 N–H and O–H groups in total. The third-order valence-corrected chi connectivity index (χ3v) is 4.71. The van der Waals surface area contributed by atoms with Gasteiger partial charge in [0.1, 0.15) is 16.1 Å². The summed E-state index contributed by atoms with van der Waals surface area (Å²) in [5, 5.41) is 0. The van der Waals surface area contributed by atoms with E-state index in [0.717, 1.165) is 11.1 Å². The van der Waals surface area contributed by atoms with Crippen molar-refractivity contribution in [3.8, 4) is 0 Å². The minimum atomic E-state index is -0.629. The van der Waals surface area contributed by atoms with Crippen molar-refractivity contribution in [2.24, 2.45) is 5.92 Å². The molecular formula is C19H22O3Si. The molecular weight excluding hydrogens is 304 g/mol. The molecule has 23 heavy (non-hydrogen) atoms. The molecule has 0 amide bonds. The van der Waals surface area contributed by atoms with E-state index in [2.05, 4.69) is 30.8 Å². The van der Waals surface area contributed by atoms with Crippen LogP contribution < -0.4 is 0 Å². The van der Waals surface area contributed by atoms with E-state index in [1.165, 1.54) is 6.08 Å². The number of rotatable bonds is 7. The normalized spacial score (nSPS) is 12.6. The average Bonchev–Trinajstić information content (AvgIpc) is 2.62. The first-order valence-electron chi connectivity index (χ1n) is 7.60. The van der Waals surface area contributed by atoms with Gasteiger partial charge in [0.15, 0.2) is 0 Å². The van der Waals surface area contributed by atoms with Crippen LogP contribution in [-0.2, 0) is 19.6 Å². The highest BCUT2D eigenvalue weighted by atomic mass is 28.2. The first kappa shape index (κ1) is 17.2. The lowest BCUT2D eigenvalue weighted by Gasteiger charge is -2.39. The maximum absolute atomic E-state index is 11.4. The number of hydrogen-bond donors (Lipinski definition) is 0. The van der Waals surface area contributed by atoms with Crippen molar-refractivity contribution in [1.29, 1.82) is 0 Å². The Morgan fingerprint density at radius 3 is 2.00 bits per heavy atom. The highest BCUT2D eigenvalue weighted by molar-refractivity contribution is 5.98. The Morgan fingerprint density at radius 1 is 1.13 bits per heavy atom. The predicted molar refractivity (Wildman–Crippen MR) is 95.0 cm³/mol. The van der Waals surface area contributed by atoms with Crippen LogP contribution in [0.1, 0.15) is 18.1 Å². The third-order valence-electron chi connectivity index (χ3n) is 4.06. The van der Waals surface area contributed by atoms with E-state index in [1.54, 1.807) is 0 Å². The molecule has 0 heterocycles. The summed E-state index contributed by atoms with van der Waals surface area (Å²) in [6.07, 6.45) is 1.18. The number of hydrogen-bond acceptors (Lipinski definition) is 3. The molecule has 0 saturated carbocycles. The van der Waals surface area contributed by atoms with Gasteiger partial charge in [-0.3, -0.25) is 0 Å². The second-order valence-electron chi connectivity index (χ2n) is 5.41. The first-order chi connectivity index (χ1) is 11.1. The highest BCUT2D eigenvalue weighted by Crippen LogP contribution is 2.40. The van der Waals surface area contributed by atoms with Crippen LogP contribution in [0.25, 0.3) is 0 Å². The summed E-state index contributed by atoms with van der Waals surface area (Å²) in [4.78, 5) is 11.4. The Morgan fingerprint density at radius 2 is 1.61 bits per heavy atom. The van der Waals surface area contributed by atoms with Crippen molar-refractivity contribution in [3.63, 3.8) is 0 Å². The number of ether oxygens (including phenoxy) is 1. The van der Waals surface area contributed by atoms with Crippen LogP contribution in [0.5, 0.6) is 0 Å². The van der Waals surface area contributed by atoms with Crippen LogP contribution >= 0.6 is 0 Å². The molecule has 120 valence electrons. The van der Waals surface area contributed by atoms with Gasteiger partial charge in [0.05, 0.1) is 6.61 Å². The highest BCUT2D eigenvalue weighted by Gasteiger charge is 2.40. The van der Waals surface area contributed by atoms with Gasteiger partial charge in [0.25, 0.3) is 0 Å². The second kappa shape index (κ2) is 7.90. The van der Waals surface area contributed by atoms with Crippen molar-refractivity contribution >= 4 is 16.5 Å². The summed E-state index contributed by atoms with van der Waals surface area (Å²) in [5.74, 6) is -0.464. The largest absolute Gasteiger partial charge is 0.462 e. The van der Waals surface area contributed by atoms with Crippen LogP contribution in [0.2, 0.25) is 0 Å². The minimum Gasteiger partial charge on any atom is -0.462 e. The molecule has 4 heteroatoms. The molecule has 0 fully saturated rings. The molecule has 1 atom stereocenters. The van der Waals surface area contributed by atoms with Crippen LogP contribution in [0, 0.1) is 5.92 Å². The second-order valence-corrected chi connectivity index (χ2v) is 5.82. The lowest BCUT2D eigenvalue weighted by Crippen LogP contribution is -2.40. The van der Waals surface area contributed by atoms with Gasteiger partial charge in [-0.25, -0.2) is 4.79 Å². The summed E-state index contributed by atoms with van der Waals surface area (Å²) >= 11 is 0. The Kier molecular flexibility index (Phi) is 5.90. The van der Waals surface area contributed by atoms with E-state index in [1.807, 2.05) is 43.3 Å². The molecule has 0 aliphatic rings. The van der Waals surface area contributed by atoms with E-state index in [9.17, 15) is 4.79 Å².